The molecule has 0 atom stereocenters. The fourth-order valence-corrected chi connectivity index (χ4v) is 1.19. The van der Waals surface area contributed by atoms with Crippen LogP contribution in [0, 0.1) is 0 Å². The first-order valence-electron chi connectivity index (χ1n) is 5.09. The average molecular weight is 209 g/mol. The molecule has 0 aromatic rings. The molecule has 0 aliphatic heterocycles. The van der Waals surface area contributed by atoms with Gasteiger partial charge in [0, 0.05) is 6.42 Å². The van der Waals surface area contributed by atoms with Gasteiger partial charge >= 0.3 is 0 Å². The maximum Gasteiger partial charge on any atom is 0.169 e. The van der Waals surface area contributed by atoms with E-state index in [1.807, 2.05) is 11.9 Å². The van der Waals surface area contributed by atoms with Gasteiger partial charge in [-0.05, 0) is 38.6 Å². The summed E-state index contributed by atoms with van der Waals surface area (Å²) in [5.74, 6) is 0.111. The molecule has 15 heavy (non-hydrogen) atoms. The Kier molecular flexibility index (Phi) is 7.46. The van der Waals surface area contributed by atoms with E-state index in [9.17, 15) is 9.59 Å². The number of nitrogens with zero attached hydrogens (tertiary/aromatic N) is 1. The summed E-state index contributed by atoms with van der Waals surface area (Å²) >= 11 is 0. The topological polar surface area (TPSA) is 37.4 Å². The third-order valence-corrected chi connectivity index (χ3v) is 2.09. The van der Waals surface area contributed by atoms with Crippen LogP contribution in [0.15, 0.2) is 25.3 Å². The number of unbranched alkanes of at least 4 members (excludes halogenated alkanes) is 1. The zero-order valence-corrected chi connectivity index (χ0v) is 9.37. The molecule has 84 valence electrons. The molecule has 0 rings (SSSR count). The Hall–Kier alpha value is -1.22. The van der Waals surface area contributed by atoms with Crippen molar-refractivity contribution in [3.05, 3.63) is 25.3 Å². The van der Waals surface area contributed by atoms with Crippen LogP contribution < -0.4 is 0 Å². The van der Waals surface area contributed by atoms with Crippen molar-refractivity contribution in [2.45, 2.75) is 19.3 Å². The summed E-state index contributed by atoms with van der Waals surface area (Å²) in [4.78, 5) is 23.8. The highest BCUT2D eigenvalue weighted by Crippen LogP contribution is 1.99. The molecule has 0 saturated heterocycles. The van der Waals surface area contributed by atoms with Crippen LogP contribution in [0.4, 0.5) is 0 Å². The van der Waals surface area contributed by atoms with Gasteiger partial charge in [0.15, 0.2) is 11.6 Å². The molecule has 0 aliphatic rings. The van der Waals surface area contributed by atoms with Crippen molar-refractivity contribution in [2.75, 3.05) is 20.1 Å². The molecule has 0 radical (unpaired) electrons. The Bertz CT molecular complexity index is 246. The second-order valence-electron chi connectivity index (χ2n) is 3.54. The highest BCUT2D eigenvalue weighted by Gasteiger charge is 2.03. The highest BCUT2D eigenvalue weighted by molar-refractivity contribution is 5.90. The lowest BCUT2D eigenvalue weighted by Crippen LogP contribution is -2.25. The number of hydrogen-bond acceptors (Lipinski definition) is 3. The molecule has 0 amide bonds. The lowest BCUT2D eigenvalue weighted by atomic mass is 10.1. The molecular formula is C12H19NO2. The van der Waals surface area contributed by atoms with E-state index in [1.165, 1.54) is 12.2 Å². The molecule has 0 aromatic carbocycles. The molecule has 0 aromatic heterocycles. The minimum atomic E-state index is 0.0275. The largest absolute Gasteiger partial charge is 0.299 e. The summed E-state index contributed by atoms with van der Waals surface area (Å²) in [6.07, 6.45) is 4.99. The zero-order chi connectivity index (χ0) is 11.7. The normalized spacial score (nSPS) is 10.0. The number of rotatable bonds is 9. The summed E-state index contributed by atoms with van der Waals surface area (Å²) < 4.78 is 0. The van der Waals surface area contributed by atoms with Gasteiger partial charge in [-0.2, -0.15) is 0 Å². The molecule has 0 unspecified atom stereocenters. The first-order chi connectivity index (χ1) is 7.10. The van der Waals surface area contributed by atoms with E-state index in [1.54, 1.807) is 0 Å². The van der Waals surface area contributed by atoms with E-state index >= 15 is 0 Å². The Labute approximate surface area is 91.5 Å². The van der Waals surface area contributed by atoms with E-state index in [0.717, 1.165) is 19.4 Å². The predicted molar refractivity (Wildman–Crippen MR) is 61.8 cm³/mol. The number of carbonyl (C=O) groups is 2. The van der Waals surface area contributed by atoms with Crippen molar-refractivity contribution in [1.29, 1.82) is 0 Å². The third-order valence-electron chi connectivity index (χ3n) is 2.09. The summed E-state index contributed by atoms with van der Waals surface area (Å²) in [5, 5.41) is 0. The molecule has 0 spiro atoms. The van der Waals surface area contributed by atoms with Crippen molar-refractivity contribution < 1.29 is 9.59 Å². The first-order valence-corrected chi connectivity index (χ1v) is 5.09. The van der Waals surface area contributed by atoms with Gasteiger partial charge in [-0.25, -0.2) is 0 Å². The smallest absolute Gasteiger partial charge is 0.169 e. The molecule has 0 saturated carbocycles. The van der Waals surface area contributed by atoms with E-state index in [0.29, 0.717) is 13.0 Å². The summed E-state index contributed by atoms with van der Waals surface area (Å²) in [7, 11) is 1.89. The lowest BCUT2D eigenvalue weighted by molar-refractivity contribution is -0.116. The average Bonchev–Trinajstić information content (AvgIpc) is 2.23. The van der Waals surface area contributed by atoms with Gasteiger partial charge < -0.3 is 0 Å². The van der Waals surface area contributed by atoms with Crippen molar-refractivity contribution in [1.82, 2.24) is 4.90 Å². The fourth-order valence-electron chi connectivity index (χ4n) is 1.19. The monoisotopic (exact) mass is 209 g/mol. The quantitative estimate of drug-likeness (QED) is 0.427. The van der Waals surface area contributed by atoms with Crippen LogP contribution >= 0.6 is 0 Å². The van der Waals surface area contributed by atoms with Crippen LogP contribution in [0.1, 0.15) is 19.3 Å². The second-order valence-corrected chi connectivity index (χ2v) is 3.54. The van der Waals surface area contributed by atoms with Gasteiger partial charge in [0.2, 0.25) is 0 Å². The molecule has 0 N–H and O–H groups in total. The summed E-state index contributed by atoms with van der Waals surface area (Å²) in [6, 6.07) is 0. The molecular weight excluding hydrogens is 190 g/mol. The van der Waals surface area contributed by atoms with E-state index in [-0.39, 0.29) is 11.6 Å². The van der Waals surface area contributed by atoms with Crippen molar-refractivity contribution in [3.63, 3.8) is 0 Å². The maximum absolute atomic E-state index is 11.0. The molecule has 0 bridgehead atoms. The molecule has 3 heteroatoms. The number of ketones is 2. The van der Waals surface area contributed by atoms with E-state index in [4.69, 9.17) is 0 Å². The maximum atomic E-state index is 11.0. The van der Waals surface area contributed by atoms with Gasteiger partial charge in [0.25, 0.3) is 0 Å². The lowest BCUT2D eigenvalue weighted by Gasteiger charge is -2.13. The van der Waals surface area contributed by atoms with Crippen LogP contribution in [0.5, 0.6) is 0 Å². The standard InChI is InChI=1S/C12H19NO2/c1-4-11(14)8-6-7-9-13(3)10-12(15)5-2/h4-5H,1-2,6-10H2,3H3. The highest BCUT2D eigenvalue weighted by atomic mass is 16.1. The molecule has 0 aliphatic carbocycles. The zero-order valence-electron chi connectivity index (χ0n) is 9.37. The number of hydrogen-bond donors (Lipinski definition) is 0. The van der Waals surface area contributed by atoms with Gasteiger partial charge in [-0.3, -0.25) is 14.5 Å². The molecule has 0 fully saturated rings. The number of likely N-dealkylation sites (N-methyl/N-ethyl adjacent to an activating group) is 1. The minimum Gasteiger partial charge on any atom is -0.299 e. The SMILES string of the molecule is C=CC(=O)CCCCN(C)CC(=O)C=C. The summed E-state index contributed by atoms with van der Waals surface area (Å²) in [6.45, 7) is 8.05. The molecule has 3 nitrogen and oxygen atoms in total. The first kappa shape index (κ1) is 13.8. The Morgan fingerprint density at radius 3 is 2.27 bits per heavy atom. The van der Waals surface area contributed by atoms with Crippen LogP contribution in [0.25, 0.3) is 0 Å². The van der Waals surface area contributed by atoms with Gasteiger partial charge in [0.05, 0.1) is 6.54 Å². The predicted octanol–water partition coefficient (Wildman–Crippen LogP) is 1.60. The van der Waals surface area contributed by atoms with Crippen LogP contribution in [0.3, 0.4) is 0 Å². The third kappa shape index (κ3) is 7.82. The van der Waals surface area contributed by atoms with Crippen LogP contribution in [0.2, 0.25) is 0 Å². The van der Waals surface area contributed by atoms with Gasteiger partial charge in [0.1, 0.15) is 0 Å². The van der Waals surface area contributed by atoms with Crippen molar-refractivity contribution >= 4 is 11.6 Å². The van der Waals surface area contributed by atoms with E-state index < -0.39 is 0 Å². The minimum absolute atomic E-state index is 0.0275. The Morgan fingerprint density at radius 2 is 1.73 bits per heavy atom. The number of allylic oxidation sites excluding steroid dienone is 1. The van der Waals surface area contributed by atoms with Gasteiger partial charge in [-0.1, -0.05) is 13.2 Å². The number of carbonyl (C=O) groups excluding carboxylic acids is 2. The van der Waals surface area contributed by atoms with Crippen molar-refractivity contribution in [2.24, 2.45) is 0 Å². The van der Waals surface area contributed by atoms with E-state index in [2.05, 4.69) is 13.2 Å². The van der Waals surface area contributed by atoms with Crippen LogP contribution in [-0.2, 0) is 9.59 Å². The fraction of sp³-hybridized carbons (Fsp3) is 0.500. The Morgan fingerprint density at radius 1 is 1.13 bits per heavy atom. The molecule has 0 heterocycles. The van der Waals surface area contributed by atoms with Gasteiger partial charge in [-0.15, -0.1) is 0 Å². The van der Waals surface area contributed by atoms with Crippen molar-refractivity contribution in [3.8, 4) is 0 Å². The van der Waals surface area contributed by atoms with Crippen LogP contribution in [-0.4, -0.2) is 36.6 Å². The second kappa shape index (κ2) is 8.12. The Balaban J connectivity index is 3.50. The summed E-state index contributed by atoms with van der Waals surface area (Å²) in [5.41, 5.74) is 0.